The molecule has 90 valence electrons. The quantitative estimate of drug-likeness (QED) is 0.873. The molecule has 0 aliphatic rings. The van der Waals surface area contributed by atoms with Gasteiger partial charge in [-0.25, -0.2) is 9.78 Å². The Bertz CT molecular complexity index is 530. The zero-order valence-electron chi connectivity index (χ0n) is 9.43. The molecule has 0 aliphatic carbocycles. The number of furan rings is 1. The van der Waals surface area contributed by atoms with Crippen molar-refractivity contribution in [2.24, 2.45) is 0 Å². The summed E-state index contributed by atoms with van der Waals surface area (Å²) in [6.45, 7) is 4.13. The fraction of sp³-hybridized carbons (Fsp3) is 0.273. The van der Waals surface area contributed by atoms with Crippen LogP contribution in [0.5, 0.6) is 0 Å². The second-order valence-electron chi connectivity index (χ2n) is 3.83. The largest absolute Gasteiger partial charge is 0.475 e. The Labute approximate surface area is 102 Å². The smallest absolute Gasteiger partial charge is 0.371 e. The van der Waals surface area contributed by atoms with E-state index in [1.54, 1.807) is 6.07 Å². The maximum Gasteiger partial charge on any atom is 0.371 e. The summed E-state index contributed by atoms with van der Waals surface area (Å²) in [6, 6.07) is 2.97. The molecule has 5 nitrogen and oxygen atoms in total. The van der Waals surface area contributed by atoms with Crippen LogP contribution in [-0.2, 0) is 0 Å². The van der Waals surface area contributed by atoms with Crippen LogP contribution in [-0.4, -0.2) is 16.1 Å². The zero-order chi connectivity index (χ0) is 12.4. The molecule has 0 saturated carbocycles. The second kappa shape index (κ2) is 4.58. The minimum Gasteiger partial charge on any atom is -0.475 e. The molecule has 2 aromatic rings. The van der Waals surface area contributed by atoms with Crippen LogP contribution in [0.25, 0.3) is 0 Å². The molecule has 2 heterocycles. The van der Waals surface area contributed by atoms with Gasteiger partial charge < -0.3 is 14.8 Å². The molecule has 0 radical (unpaired) electrons. The first-order valence-electron chi connectivity index (χ1n) is 5.12. The molecule has 0 atom stereocenters. The van der Waals surface area contributed by atoms with Gasteiger partial charge in [0.15, 0.2) is 11.0 Å². The Morgan fingerprint density at radius 1 is 1.53 bits per heavy atom. The lowest BCUT2D eigenvalue weighted by molar-refractivity contribution is 0.0663. The predicted octanol–water partition coefficient (Wildman–Crippen LogP) is 3.30. The number of carbonyl (C=O) groups is 1. The van der Waals surface area contributed by atoms with Crippen LogP contribution in [0.3, 0.4) is 0 Å². The summed E-state index contributed by atoms with van der Waals surface area (Å²) in [5, 5.41) is 14.3. The highest BCUT2D eigenvalue weighted by atomic mass is 32.1. The van der Waals surface area contributed by atoms with Gasteiger partial charge in [0.05, 0.1) is 5.69 Å². The van der Waals surface area contributed by atoms with Crippen LogP contribution in [0.2, 0.25) is 0 Å². The lowest BCUT2D eigenvalue weighted by Gasteiger charge is -1.98. The standard InChI is InChI=1S/C11H12N2O3S/c1-6(2)7-5-17-11(12-7)13-9-4-3-8(16-9)10(14)15/h3-6H,1-2H3,(H,12,13)(H,14,15). The Kier molecular flexibility index (Phi) is 3.14. The third-order valence-electron chi connectivity index (χ3n) is 2.16. The van der Waals surface area contributed by atoms with E-state index in [4.69, 9.17) is 9.52 Å². The molecule has 0 unspecified atom stereocenters. The van der Waals surface area contributed by atoms with Crippen molar-refractivity contribution in [3.8, 4) is 0 Å². The van der Waals surface area contributed by atoms with E-state index in [0.29, 0.717) is 16.9 Å². The number of hydrogen-bond donors (Lipinski definition) is 2. The molecule has 6 heteroatoms. The van der Waals surface area contributed by atoms with E-state index in [1.807, 2.05) is 5.38 Å². The van der Waals surface area contributed by atoms with Gasteiger partial charge in [-0.1, -0.05) is 13.8 Å². The molecule has 2 aromatic heterocycles. The maximum absolute atomic E-state index is 10.6. The minimum absolute atomic E-state index is 0.0897. The molecule has 0 saturated heterocycles. The first-order valence-corrected chi connectivity index (χ1v) is 6.00. The first-order chi connectivity index (χ1) is 8.06. The average Bonchev–Trinajstić information content (AvgIpc) is 2.87. The molecule has 17 heavy (non-hydrogen) atoms. The molecule has 0 amide bonds. The number of carboxylic acids is 1. The molecular formula is C11H12N2O3S. The van der Waals surface area contributed by atoms with Crippen molar-refractivity contribution >= 4 is 28.3 Å². The number of thiazole rings is 1. The molecule has 0 bridgehead atoms. The van der Waals surface area contributed by atoms with Crippen molar-refractivity contribution in [1.82, 2.24) is 4.98 Å². The molecule has 0 spiro atoms. The van der Waals surface area contributed by atoms with E-state index in [-0.39, 0.29) is 5.76 Å². The van der Waals surface area contributed by atoms with E-state index in [9.17, 15) is 4.79 Å². The van der Waals surface area contributed by atoms with Crippen LogP contribution in [0.4, 0.5) is 11.0 Å². The van der Waals surface area contributed by atoms with Gasteiger partial charge in [-0.05, 0) is 12.0 Å². The lowest BCUT2D eigenvalue weighted by Crippen LogP contribution is -1.93. The molecule has 2 N–H and O–H groups in total. The van der Waals surface area contributed by atoms with Gasteiger partial charge in [0.1, 0.15) is 0 Å². The van der Waals surface area contributed by atoms with Gasteiger partial charge >= 0.3 is 5.97 Å². The molecule has 2 rings (SSSR count). The van der Waals surface area contributed by atoms with Gasteiger partial charge in [-0.2, -0.15) is 0 Å². The molecule has 0 aliphatic heterocycles. The average molecular weight is 252 g/mol. The van der Waals surface area contributed by atoms with Crippen LogP contribution in [0.15, 0.2) is 21.9 Å². The van der Waals surface area contributed by atoms with Crippen LogP contribution >= 0.6 is 11.3 Å². The third-order valence-corrected chi connectivity index (χ3v) is 2.94. The Balaban J connectivity index is 2.11. The predicted molar refractivity (Wildman–Crippen MR) is 65.2 cm³/mol. The summed E-state index contributed by atoms with van der Waals surface area (Å²) >= 11 is 1.46. The van der Waals surface area contributed by atoms with Gasteiger partial charge in [0.25, 0.3) is 0 Å². The normalized spacial score (nSPS) is 10.8. The molecule has 0 aromatic carbocycles. The highest BCUT2D eigenvalue weighted by Crippen LogP contribution is 2.25. The fourth-order valence-corrected chi connectivity index (χ4v) is 2.11. The number of aromatic nitrogens is 1. The number of anilines is 2. The number of nitrogens with one attached hydrogen (secondary N) is 1. The second-order valence-corrected chi connectivity index (χ2v) is 4.68. The zero-order valence-corrected chi connectivity index (χ0v) is 10.2. The van der Waals surface area contributed by atoms with Crippen molar-refractivity contribution in [2.45, 2.75) is 19.8 Å². The summed E-state index contributed by atoms with van der Waals surface area (Å²) in [7, 11) is 0. The van der Waals surface area contributed by atoms with Crippen molar-refractivity contribution in [1.29, 1.82) is 0 Å². The first kappa shape index (κ1) is 11.7. The van der Waals surface area contributed by atoms with Crippen LogP contribution in [0, 0.1) is 0 Å². The number of rotatable bonds is 4. The Morgan fingerprint density at radius 3 is 2.82 bits per heavy atom. The summed E-state index contributed by atoms with van der Waals surface area (Å²) in [4.78, 5) is 15.0. The van der Waals surface area contributed by atoms with Crippen molar-refractivity contribution in [3.63, 3.8) is 0 Å². The van der Waals surface area contributed by atoms with Crippen LogP contribution < -0.4 is 5.32 Å². The van der Waals surface area contributed by atoms with Crippen molar-refractivity contribution in [2.75, 3.05) is 5.32 Å². The van der Waals surface area contributed by atoms with Crippen molar-refractivity contribution < 1.29 is 14.3 Å². The van der Waals surface area contributed by atoms with E-state index < -0.39 is 5.97 Å². The topological polar surface area (TPSA) is 75.4 Å². The maximum atomic E-state index is 10.6. The molecule has 0 fully saturated rings. The lowest BCUT2D eigenvalue weighted by atomic mass is 10.2. The van der Waals surface area contributed by atoms with E-state index in [2.05, 4.69) is 24.1 Å². The number of carboxylic acid groups (broad SMARTS) is 1. The van der Waals surface area contributed by atoms with Gasteiger partial charge in [0.2, 0.25) is 5.76 Å². The number of aromatic carboxylic acids is 1. The SMILES string of the molecule is CC(C)c1csc(Nc2ccc(C(=O)O)o2)n1. The summed E-state index contributed by atoms with van der Waals surface area (Å²) in [5.74, 6) is -0.423. The third kappa shape index (κ3) is 2.65. The van der Waals surface area contributed by atoms with Crippen molar-refractivity contribution in [3.05, 3.63) is 29.0 Å². The van der Waals surface area contributed by atoms with E-state index in [1.165, 1.54) is 17.4 Å². The Morgan fingerprint density at radius 2 is 2.29 bits per heavy atom. The minimum atomic E-state index is -1.08. The van der Waals surface area contributed by atoms with E-state index in [0.717, 1.165) is 5.69 Å². The highest BCUT2D eigenvalue weighted by molar-refractivity contribution is 7.13. The number of nitrogens with zero attached hydrogens (tertiary/aromatic N) is 1. The summed E-state index contributed by atoms with van der Waals surface area (Å²) in [6.07, 6.45) is 0. The number of hydrogen-bond acceptors (Lipinski definition) is 5. The monoisotopic (exact) mass is 252 g/mol. The van der Waals surface area contributed by atoms with Gasteiger partial charge in [0, 0.05) is 11.4 Å². The molecular weight excluding hydrogens is 240 g/mol. The highest BCUT2D eigenvalue weighted by Gasteiger charge is 2.11. The Hall–Kier alpha value is -1.82. The van der Waals surface area contributed by atoms with Crippen LogP contribution in [0.1, 0.15) is 36.0 Å². The summed E-state index contributed by atoms with van der Waals surface area (Å²) in [5.41, 5.74) is 1.00. The van der Waals surface area contributed by atoms with E-state index >= 15 is 0 Å². The summed E-state index contributed by atoms with van der Waals surface area (Å²) < 4.78 is 5.07. The fourth-order valence-electron chi connectivity index (χ4n) is 1.23. The van der Waals surface area contributed by atoms with Gasteiger partial charge in [-0.15, -0.1) is 11.3 Å². The van der Waals surface area contributed by atoms with Gasteiger partial charge in [-0.3, -0.25) is 0 Å².